The van der Waals surface area contributed by atoms with Gasteiger partial charge in [0, 0.05) is 56.9 Å². The van der Waals surface area contributed by atoms with Gasteiger partial charge in [-0.05, 0) is 62.9 Å². The molecule has 9 nitrogen and oxygen atoms in total. The van der Waals surface area contributed by atoms with Crippen LogP contribution in [0, 0.1) is 11.8 Å². The summed E-state index contributed by atoms with van der Waals surface area (Å²) in [6.07, 6.45) is 5.71. The first-order valence-corrected chi connectivity index (χ1v) is 14.0. The van der Waals surface area contributed by atoms with E-state index in [1.54, 1.807) is 7.11 Å². The van der Waals surface area contributed by atoms with Crippen molar-refractivity contribution < 1.29 is 19.1 Å². The fourth-order valence-corrected chi connectivity index (χ4v) is 5.81. The molecule has 3 atom stereocenters. The molecule has 0 spiro atoms. The molecule has 3 aliphatic rings. The average Bonchev–Trinajstić information content (AvgIpc) is 2.93. The van der Waals surface area contributed by atoms with Crippen LogP contribution in [0.3, 0.4) is 0 Å². The van der Waals surface area contributed by atoms with E-state index >= 15 is 0 Å². The predicted molar refractivity (Wildman–Crippen MR) is 144 cm³/mol. The highest BCUT2D eigenvalue weighted by Gasteiger charge is 2.45. The van der Waals surface area contributed by atoms with Gasteiger partial charge in [0.05, 0.1) is 13.0 Å². The number of piperazine rings is 1. The van der Waals surface area contributed by atoms with Crippen molar-refractivity contribution in [2.24, 2.45) is 11.8 Å². The van der Waals surface area contributed by atoms with Gasteiger partial charge in [0.1, 0.15) is 5.75 Å². The Morgan fingerprint density at radius 1 is 1.03 bits per heavy atom. The number of carbonyl (C=O) groups excluding carboxylic acids is 3. The van der Waals surface area contributed by atoms with Gasteiger partial charge in [-0.3, -0.25) is 19.4 Å². The molecule has 0 bridgehead atoms. The summed E-state index contributed by atoms with van der Waals surface area (Å²) >= 11 is 0. The van der Waals surface area contributed by atoms with Crippen LogP contribution in [0.4, 0.5) is 10.5 Å². The molecule has 3 unspecified atom stereocenters. The number of urea groups is 1. The Labute approximate surface area is 220 Å². The molecular weight excluding hydrogens is 470 g/mol. The molecule has 2 saturated heterocycles. The molecule has 37 heavy (non-hydrogen) atoms. The first-order valence-electron chi connectivity index (χ1n) is 14.0. The quantitative estimate of drug-likeness (QED) is 0.442. The summed E-state index contributed by atoms with van der Waals surface area (Å²) in [5, 5.41) is 6.11. The maximum atomic E-state index is 12.9. The smallest absolute Gasteiger partial charge is 0.324 e. The van der Waals surface area contributed by atoms with E-state index in [1.165, 1.54) is 10.6 Å². The number of hydrogen-bond donors (Lipinski definition) is 2. The number of ether oxygens (including phenoxy) is 1. The second kappa shape index (κ2) is 13.1. The topological polar surface area (TPSA) is 94.2 Å². The van der Waals surface area contributed by atoms with Crippen molar-refractivity contribution in [3.05, 3.63) is 24.3 Å². The van der Waals surface area contributed by atoms with Crippen molar-refractivity contribution in [1.82, 2.24) is 20.4 Å². The third kappa shape index (κ3) is 6.94. The monoisotopic (exact) mass is 513 g/mol. The van der Waals surface area contributed by atoms with Crippen molar-refractivity contribution in [1.29, 1.82) is 0 Å². The number of imide groups is 1. The van der Waals surface area contributed by atoms with Crippen molar-refractivity contribution >= 4 is 23.5 Å². The van der Waals surface area contributed by atoms with E-state index in [1.807, 2.05) is 12.1 Å². The van der Waals surface area contributed by atoms with Crippen LogP contribution < -0.4 is 20.3 Å². The molecule has 1 saturated carbocycles. The number of benzene rings is 1. The maximum absolute atomic E-state index is 12.9. The SMILES string of the molecule is CCCCCN1C(=O)NC2CC(C(=O)NCCCN3CCN(c4ccc(OC)cc4)CC3)CCC2C1=O. The second-order valence-electron chi connectivity index (χ2n) is 10.5. The molecule has 2 aliphatic heterocycles. The number of methoxy groups -OCH3 is 1. The summed E-state index contributed by atoms with van der Waals surface area (Å²) in [5.41, 5.74) is 1.22. The lowest BCUT2D eigenvalue weighted by Crippen LogP contribution is -2.62. The molecule has 9 heteroatoms. The number of nitrogens with zero attached hydrogens (tertiary/aromatic N) is 3. The Morgan fingerprint density at radius 3 is 2.49 bits per heavy atom. The third-order valence-corrected chi connectivity index (χ3v) is 8.10. The molecule has 4 rings (SSSR count). The van der Waals surface area contributed by atoms with Crippen LogP contribution in [0.2, 0.25) is 0 Å². The molecule has 2 heterocycles. The summed E-state index contributed by atoms with van der Waals surface area (Å²) in [4.78, 5) is 44.4. The van der Waals surface area contributed by atoms with E-state index in [4.69, 9.17) is 4.74 Å². The van der Waals surface area contributed by atoms with E-state index in [-0.39, 0.29) is 35.7 Å². The minimum Gasteiger partial charge on any atom is -0.497 e. The van der Waals surface area contributed by atoms with E-state index in [0.29, 0.717) is 32.4 Å². The molecular formula is C28H43N5O4. The lowest BCUT2D eigenvalue weighted by atomic mass is 9.76. The van der Waals surface area contributed by atoms with Gasteiger partial charge in [-0.2, -0.15) is 0 Å². The number of hydrogen-bond acceptors (Lipinski definition) is 6. The first-order chi connectivity index (χ1) is 18.0. The van der Waals surface area contributed by atoms with Gasteiger partial charge in [-0.25, -0.2) is 4.79 Å². The maximum Gasteiger partial charge on any atom is 0.324 e. The van der Waals surface area contributed by atoms with E-state index < -0.39 is 0 Å². The Bertz CT molecular complexity index is 916. The van der Waals surface area contributed by atoms with Crippen LogP contribution >= 0.6 is 0 Å². The van der Waals surface area contributed by atoms with Gasteiger partial charge in [0.15, 0.2) is 0 Å². The van der Waals surface area contributed by atoms with Crippen molar-refractivity contribution in [2.75, 3.05) is 57.8 Å². The lowest BCUT2D eigenvalue weighted by Gasteiger charge is -2.42. The van der Waals surface area contributed by atoms with Crippen molar-refractivity contribution in [3.63, 3.8) is 0 Å². The Balaban J connectivity index is 1.13. The molecule has 2 N–H and O–H groups in total. The number of fused-ring (bicyclic) bond motifs is 1. The Morgan fingerprint density at radius 2 is 1.78 bits per heavy atom. The Hall–Kier alpha value is -2.81. The zero-order valence-corrected chi connectivity index (χ0v) is 22.4. The number of rotatable bonds is 11. The van der Waals surface area contributed by atoms with Crippen LogP contribution in [-0.4, -0.2) is 86.6 Å². The standard InChI is InChI=1S/C28H43N5O4/c1-3-4-5-15-33-27(35)24-12-7-21(20-25(24)30-28(33)36)26(34)29-13-6-14-31-16-18-32(19-17-31)22-8-10-23(37-2)11-9-22/h8-11,21,24-25H,3-7,12-20H2,1-2H3,(H,29,34)(H,30,36). The van der Waals surface area contributed by atoms with E-state index in [2.05, 4.69) is 39.5 Å². The minimum absolute atomic E-state index is 0.0508. The highest BCUT2D eigenvalue weighted by Crippen LogP contribution is 2.33. The highest BCUT2D eigenvalue weighted by molar-refractivity contribution is 5.99. The second-order valence-corrected chi connectivity index (χ2v) is 10.5. The molecule has 0 aromatic heterocycles. The molecule has 4 amide bonds. The van der Waals surface area contributed by atoms with Gasteiger partial charge >= 0.3 is 6.03 Å². The van der Waals surface area contributed by atoms with Crippen molar-refractivity contribution in [2.45, 2.75) is 57.9 Å². The third-order valence-electron chi connectivity index (χ3n) is 8.10. The minimum atomic E-state index is -0.296. The number of nitrogens with one attached hydrogen (secondary N) is 2. The van der Waals surface area contributed by atoms with Crippen LogP contribution in [-0.2, 0) is 9.59 Å². The first kappa shape index (κ1) is 27.2. The number of amides is 4. The summed E-state index contributed by atoms with van der Waals surface area (Å²) in [6.45, 7) is 8.20. The van der Waals surface area contributed by atoms with Crippen LogP contribution in [0.25, 0.3) is 0 Å². The Kier molecular flexibility index (Phi) is 9.66. The van der Waals surface area contributed by atoms with Gasteiger partial charge in [-0.15, -0.1) is 0 Å². The van der Waals surface area contributed by atoms with Crippen LogP contribution in [0.5, 0.6) is 5.75 Å². The van der Waals surface area contributed by atoms with Crippen LogP contribution in [0.15, 0.2) is 24.3 Å². The number of anilines is 1. The average molecular weight is 514 g/mol. The molecule has 204 valence electrons. The summed E-state index contributed by atoms with van der Waals surface area (Å²) < 4.78 is 5.25. The lowest BCUT2D eigenvalue weighted by molar-refractivity contribution is -0.139. The van der Waals surface area contributed by atoms with Gasteiger partial charge in [0.25, 0.3) is 0 Å². The largest absolute Gasteiger partial charge is 0.497 e. The van der Waals surface area contributed by atoms with Crippen molar-refractivity contribution in [3.8, 4) is 5.75 Å². The van der Waals surface area contributed by atoms with E-state index in [0.717, 1.165) is 64.2 Å². The van der Waals surface area contributed by atoms with Gasteiger partial charge in [0.2, 0.25) is 11.8 Å². The van der Waals surface area contributed by atoms with Gasteiger partial charge in [-0.1, -0.05) is 19.8 Å². The summed E-state index contributed by atoms with van der Waals surface area (Å²) in [5.74, 6) is 0.526. The van der Waals surface area contributed by atoms with E-state index in [9.17, 15) is 14.4 Å². The molecule has 1 aliphatic carbocycles. The van der Waals surface area contributed by atoms with Crippen LogP contribution in [0.1, 0.15) is 51.9 Å². The molecule has 0 radical (unpaired) electrons. The predicted octanol–water partition coefficient (Wildman–Crippen LogP) is 2.85. The summed E-state index contributed by atoms with van der Waals surface area (Å²) in [7, 11) is 1.68. The zero-order chi connectivity index (χ0) is 26.2. The molecule has 1 aromatic rings. The number of unbranched alkanes of at least 4 members (excludes halogenated alkanes) is 2. The number of carbonyl (C=O) groups is 3. The highest BCUT2D eigenvalue weighted by atomic mass is 16.5. The summed E-state index contributed by atoms with van der Waals surface area (Å²) in [6, 6.07) is 7.69. The zero-order valence-electron chi connectivity index (χ0n) is 22.4. The fourth-order valence-electron chi connectivity index (χ4n) is 5.81. The van der Waals surface area contributed by atoms with Gasteiger partial charge < -0.3 is 20.3 Å². The fraction of sp³-hybridized carbons (Fsp3) is 0.679. The normalized spacial score (nSPS) is 24.4. The molecule has 1 aromatic carbocycles. The molecule has 3 fully saturated rings.